The zero-order valence-electron chi connectivity index (χ0n) is 19.1. The van der Waals surface area contributed by atoms with Gasteiger partial charge in [0.1, 0.15) is 0 Å². The Kier molecular flexibility index (Phi) is 10.8. The normalized spacial score (nSPS) is 12.5. The lowest BCUT2D eigenvalue weighted by Gasteiger charge is -2.37. The van der Waals surface area contributed by atoms with Crippen molar-refractivity contribution in [2.45, 2.75) is 24.8 Å². The van der Waals surface area contributed by atoms with Crippen molar-refractivity contribution < 1.29 is 8.42 Å². The van der Waals surface area contributed by atoms with Crippen molar-refractivity contribution in [1.82, 2.24) is 19.6 Å². The number of rotatable bonds is 11. The van der Waals surface area contributed by atoms with Crippen LogP contribution in [0.3, 0.4) is 0 Å². The van der Waals surface area contributed by atoms with Gasteiger partial charge in [-0.25, -0.2) is 8.42 Å². The molecule has 30 heavy (non-hydrogen) atoms. The maximum Gasteiger partial charge on any atom is 0.212 e. The van der Waals surface area contributed by atoms with Crippen molar-refractivity contribution in [3.05, 3.63) is 30.3 Å². The first-order valence-corrected chi connectivity index (χ1v) is 11.8. The molecule has 1 aromatic rings. The van der Waals surface area contributed by atoms with E-state index in [1.807, 2.05) is 53.1 Å². The first-order chi connectivity index (χ1) is 14.1. The highest BCUT2D eigenvalue weighted by Gasteiger charge is 2.24. The zero-order valence-corrected chi connectivity index (χ0v) is 19.9. The van der Waals surface area contributed by atoms with Crippen LogP contribution in [0.5, 0.6) is 0 Å². The van der Waals surface area contributed by atoms with Gasteiger partial charge in [-0.3, -0.25) is 0 Å². The highest BCUT2D eigenvalue weighted by atomic mass is 32.2. The molecule has 0 spiro atoms. The summed E-state index contributed by atoms with van der Waals surface area (Å²) in [6.07, 6.45) is 1.92. The summed E-state index contributed by atoms with van der Waals surface area (Å²) in [5, 5.41) is 9.35. The third kappa shape index (κ3) is 8.69. The average Bonchev–Trinajstić information content (AvgIpc) is 2.67. The van der Waals surface area contributed by atoms with Gasteiger partial charge in [-0.1, -0.05) is 18.2 Å². The number of sulfone groups is 1. The van der Waals surface area contributed by atoms with E-state index < -0.39 is 9.84 Å². The molecule has 8 nitrogen and oxygen atoms in total. The molecular weight excluding hydrogens is 400 g/mol. The SMILES string of the molecule is CC(C)N(CCS(=O)(=O)c1ccccc1)C(=NC#N)N(CCN(C)C)CCN(C)C. The van der Waals surface area contributed by atoms with Crippen LogP contribution in [0.25, 0.3) is 0 Å². The van der Waals surface area contributed by atoms with Crippen LogP contribution in [0.15, 0.2) is 40.2 Å². The zero-order chi connectivity index (χ0) is 22.7. The number of benzene rings is 1. The molecule has 0 fully saturated rings. The van der Waals surface area contributed by atoms with Gasteiger partial charge in [-0.05, 0) is 54.2 Å². The van der Waals surface area contributed by atoms with Gasteiger partial charge in [-0.2, -0.15) is 5.26 Å². The van der Waals surface area contributed by atoms with Crippen LogP contribution in [0.4, 0.5) is 0 Å². The highest BCUT2D eigenvalue weighted by Crippen LogP contribution is 2.13. The molecular formula is C21H36N6O2S. The van der Waals surface area contributed by atoms with Crippen LogP contribution in [-0.4, -0.2) is 107 Å². The van der Waals surface area contributed by atoms with Crippen molar-refractivity contribution in [1.29, 1.82) is 5.26 Å². The number of aliphatic imine (C=N–C) groups is 1. The molecule has 0 atom stereocenters. The summed E-state index contributed by atoms with van der Waals surface area (Å²) in [5.41, 5.74) is 0. The van der Waals surface area contributed by atoms with Crippen LogP contribution in [0, 0.1) is 11.5 Å². The van der Waals surface area contributed by atoms with Crippen molar-refractivity contribution in [2.75, 3.05) is 66.7 Å². The Morgan fingerprint density at radius 3 is 1.93 bits per heavy atom. The Hall–Kier alpha value is -2.15. The standard InChI is InChI=1S/C21H36N6O2S/c1-19(2)27(16-17-30(28,29)20-10-8-7-9-11-20)21(23-18-22)26(14-12-24(3)4)15-13-25(5)6/h7-11,19H,12-17H2,1-6H3. The van der Waals surface area contributed by atoms with Crippen LogP contribution < -0.4 is 0 Å². The second-order valence-electron chi connectivity index (χ2n) is 8.02. The fraction of sp³-hybridized carbons (Fsp3) is 0.619. The molecule has 0 radical (unpaired) electrons. The molecule has 1 rings (SSSR count). The summed E-state index contributed by atoms with van der Waals surface area (Å²) in [6.45, 7) is 7.20. The van der Waals surface area contributed by atoms with Crippen LogP contribution in [0.2, 0.25) is 0 Å². The van der Waals surface area contributed by atoms with Crippen LogP contribution in [-0.2, 0) is 9.84 Å². The molecule has 1 aromatic carbocycles. The third-order valence-electron chi connectivity index (χ3n) is 4.65. The van der Waals surface area contributed by atoms with Crippen molar-refractivity contribution in [3.8, 4) is 6.19 Å². The number of hydrogen-bond acceptors (Lipinski definition) is 6. The van der Waals surface area contributed by atoms with Crippen LogP contribution in [0.1, 0.15) is 13.8 Å². The topological polar surface area (TPSA) is 83.2 Å². The second-order valence-corrected chi connectivity index (χ2v) is 10.1. The van der Waals surface area contributed by atoms with E-state index >= 15 is 0 Å². The molecule has 0 aliphatic rings. The summed E-state index contributed by atoms with van der Waals surface area (Å²) in [7, 11) is 4.56. The molecule has 0 bridgehead atoms. The number of likely N-dealkylation sites (N-methyl/N-ethyl adjacent to an activating group) is 2. The fourth-order valence-electron chi connectivity index (χ4n) is 2.87. The summed E-state index contributed by atoms with van der Waals surface area (Å²) in [5.74, 6) is 0.480. The molecule has 0 aromatic heterocycles. The molecule has 0 saturated heterocycles. The smallest absolute Gasteiger partial charge is 0.212 e. The third-order valence-corrected chi connectivity index (χ3v) is 6.36. The van der Waals surface area contributed by atoms with E-state index in [9.17, 15) is 13.7 Å². The fourth-order valence-corrected chi connectivity index (χ4v) is 4.11. The Balaban J connectivity index is 3.11. The van der Waals surface area contributed by atoms with Gasteiger partial charge in [0.15, 0.2) is 9.84 Å². The maximum atomic E-state index is 12.8. The summed E-state index contributed by atoms with van der Waals surface area (Å²) < 4.78 is 25.6. The van der Waals surface area contributed by atoms with E-state index in [1.165, 1.54) is 0 Å². The molecule has 168 valence electrons. The van der Waals surface area contributed by atoms with Gasteiger partial charge in [-0.15, -0.1) is 4.99 Å². The maximum absolute atomic E-state index is 12.8. The minimum Gasteiger partial charge on any atom is -0.339 e. The monoisotopic (exact) mass is 436 g/mol. The average molecular weight is 437 g/mol. The summed E-state index contributed by atoms with van der Waals surface area (Å²) >= 11 is 0. The number of nitrogens with zero attached hydrogens (tertiary/aromatic N) is 6. The lowest BCUT2D eigenvalue weighted by atomic mass is 10.3. The lowest BCUT2D eigenvalue weighted by Crippen LogP contribution is -2.52. The number of guanidine groups is 1. The molecule has 0 aliphatic heterocycles. The van der Waals surface area contributed by atoms with Gasteiger partial charge in [0.25, 0.3) is 0 Å². The van der Waals surface area contributed by atoms with E-state index in [0.717, 1.165) is 13.1 Å². The van der Waals surface area contributed by atoms with Gasteiger partial charge >= 0.3 is 0 Å². The first kappa shape index (κ1) is 25.9. The first-order valence-electron chi connectivity index (χ1n) is 10.1. The van der Waals surface area contributed by atoms with Gasteiger partial charge in [0, 0.05) is 38.8 Å². The Labute approximate surface area is 182 Å². The Morgan fingerprint density at radius 2 is 1.50 bits per heavy atom. The minimum absolute atomic E-state index is 0.00992. The van der Waals surface area contributed by atoms with E-state index in [2.05, 4.69) is 19.7 Å². The Morgan fingerprint density at radius 1 is 0.967 bits per heavy atom. The number of hydrogen-bond donors (Lipinski definition) is 0. The van der Waals surface area contributed by atoms with E-state index in [-0.39, 0.29) is 18.3 Å². The van der Waals surface area contributed by atoms with E-state index in [1.54, 1.807) is 30.3 Å². The van der Waals surface area contributed by atoms with Gasteiger partial charge in [0.2, 0.25) is 12.2 Å². The molecule has 0 N–H and O–H groups in total. The van der Waals surface area contributed by atoms with Crippen molar-refractivity contribution in [2.24, 2.45) is 4.99 Å². The summed E-state index contributed by atoms with van der Waals surface area (Å²) in [6, 6.07) is 8.45. The quantitative estimate of drug-likeness (QED) is 0.295. The predicted molar refractivity (Wildman–Crippen MR) is 122 cm³/mol. The van der Waals surface area contributed by atoms with Gasteiger partial charge < -0.3 is 19.6 Å². The van der Waals surface area contributed by atoms with Crippen molar-refractivity contribution in [3.63, 3.8) is 0 Å². The van der Waals surface area contributed by atoms with E-state index in [0.29, 0.717) is 23.9 Å². The minimum atomic E-state index is -3.43. The second kappa shape index (κ2) is 12.5. The predicted octanol–water partition coefficient (Wildman–Crippen LogP) is 1.43. The highest BCUT2D eigenvalue weighted by molar-refractivity contribution is 7.91. The number of nitriles is 1. The Bertz CT molecular complexity index is 789. The van der Waals surface area contributed by atoms with Crippen molar-refractivity contribution >= 4 is 15.8 Å². The molecule has 0 heterocycles. The molecule has 9 heteroatoms. The largest absolute Gasteiger partial charge is 0.339 e. The molecule has 0 aliphatic carbocycles. The van der Waals surface area contributed by atoms with Crippen LogP contribution >= 0.6 is 0 Å². The molecule has 0 saturated carbocycles. The lowest BCUT2D eigenvalue weighted by molar-refractivity contribution is 0.249. The molecule has 0 amide bonds. The summed E-state index contributed by atoms with van der Waals surface area (Å²) in [4.78, 5) is 12.6. The van der Waals surface area contributed by atoms with E-state index in [4.69, 9.17) is 0 Å². The van der Waals surface area contributed by atoms with Gasteiger partial charge in [0.05, 0.1) is 10.6 Å². The molecule has 0 unspecified atom stereocenters.